The Hall–Kier alpha value is -5.24. The number of aryl methyl sites for hydroxylation is 1. The maximum absolute atomic E-state index is 14.7. The second-order valence-corrected chi connectivity index (χ2v) is 12.8. The average molecular weight is 679 g/mol. The zero-order chi connectivity index (χ0) is 35.3. The Balaban J connectivity index is 1.31. The number of anilines is 2. The van der Waals surface area contributed by atoms with Crippen LogP contribution in [0, 0.1) is 12.8 Å². The van der Waals surface area contributed by atoms with E-state index < -0.39 is 11.7 Å². The van der Waals surface area contributed by atoms with E-state index in [9.17, 15) is 18.0 Å². The second-order valence-electron chi connectivity index (χ2n) is 12.8. The highest BCUT2D eigenvalue weighted by atomic mass is 19.4. The van der Waals surface area contributed by atoms with Gasteiger partial charge in [0.15, 0.2) is 0 Å². The van der Waals surface area contributed by atoms with Crippen molar-refractivity contribution in [3.63, 3.8) is 0 Å². The predicted molar refractivity (Wildman–Crippen MR) is 193 cm³/mol. The summed E-state index contributed by atoms with van der Waals surface area (Å²) in [4.78, 5) is 18.7. The number of benzene rings is 5. The Morgan fingerprint density at radius 2 is 1.40 bits per heavy atom. The smallest absolute Gasteiger partial charge is 0.416 e. The molecule has 0 bridgehead atoms. The highest BCUT2D eigenvalue weighted by Gasteiger charge is 2.31. The van der Waals surface area contributed by atoms with E-state index in [0.29, 0.717) is 45.4 Å². The molecule has 0 radical (unpaired) electrons. The molecule has 1 aliphatic rings. The molecule has 0 aliphatic carbocycles. The Morgan fingerprint density at radius 3 is 2.00 bits per heavy atom. The molecule has 0 aromatic heterocycles. The molecule has 1 amide bonds. The van der Waals surface area contributed by atoms with Crippen LogP contribution < -0.4 is 19.3 Å². The lowest BCUT2D eigenvalue weighted by atomic mass is 9.90. The highest BCUT2D eigenvalue weighted by molar-refractivity contribution is 6.10. The first-order valence-corrected chi connectivity index (χ1v) is 16.8. The van der Waals surface area contributed by atoms with Crippen molar-refractivity contribution in [2.75, 3.05) is 37.1 Å². The monoisotopic (exact) mass is 678 g/mol. The third-order valence-corrected chi connectivity index (χ3v) is 9.50. The lowest BCUT2D eigenvalue weighted by Crippen LogP contribution is -2.34. The van der Waals surface area contributed by atoms with Crippen molar-refractivity contribution in [1.82, 2.24) is 0 Å². The molecule has 0 unspecified atom stereocenters. The Bertz CT molecular complexity index is 1880. The van der Waals surface area contributed by atoms with Crippen LogP contribution in [-0.4, -0.2) is 33.2 Å². The summed E-state index contributed by atoms with van der Waals surface area (Å²) in [5, 5.41) is 0. The van der Waals surface area contributed by atoms with Crippen molar-refractivity contribution < 1.29 is 27.4 Å². The molecule has 1 saturated heterocycles. The van der Waals surface area contributed by atoms with Gasteiger partial charge in [-0.05, 0) is 109 Å². The van der Waals surface area contributed by atoms with Crippen LogP contribution in [0.5, 0.6) is 11.5 Å². The molecule has 0 atom stereocenters. The number of rotatable bonds is 10. The number of amides is 1. The topological polar surface area (TPSA) is 42.0 Å². The summed E-state index contributed by atoms with van der Waals surface area (Å²) in [6.07, 6.45) is -1.16. The van der Waals surface area contributed by atoms with Crippen molar-refractivity contribution >= 4 is 17.3 Å². The van der Waals surface area contributed by atoms with E-state index in [-0.39, 0.29) is 12.5 Å². The fourth-order valence-electron chi connectivity index (χ4n) is 6.80. The molecule has 0 N–H and O–H groups in total. The van der Waals surface area contributed by atoms with Crippen LogP contribution in [0.4, 0.5) is 24.5 Å². The number of hydrogen-bond donors (Lipinski definition) is 0. The number of carbonyl (C=O) groups excluding carboxylic acids is 1. The Morgan fingerprint density at radius 1 is 0.800 bits per heavy atom. The summed E-state index contributed by atoms with van der Waals surface area (Å²) in [5.74, 6) is 1.52. The zero-order valence-corrected chi connectivity index (χ0v) is 28.5. The minimum Gasteiger partial charge on any atom is -0.496 e. The first-order valence-electron chi connectivity index (χ1n) is 16.8. The normalized spacial score (nSPS) is 13.6. The van der Waals surface area contributed by atoms with Crippen molar-refractivity contribution in [3.05, 3.63) is 143 Å². The third kappa shape index (κ3) is 7.80. The number of piperidine rings is 1. The molecular weight excluding hydrogens is 637 g/mol. The van der Waals surface area contributed by atoms with Crippen molar-refractivity contribution in [2.24, 2.45) is 5.92 Å². The molecule has 8 heteroatoms. The summed E-state index contributed by atoms with van der Waals surface area (Å²) >= 11 is 0. The number of ether oxygens (including phenoxy) is 2. The molecule has 5 nitrogen and oxygen atoms in total. The van der Waals surface area contributed by atoms with Crippen molar-refractivity contribution in [3.8, 4) is 22.6 Å². The third-order valence-electron chi connectivity index (χ3n) is 9.50. The molecule has 5 aromatic rings. The molecule has 0 spiro atoms. The summed E-state index contributed by atoms with van der Waals surface area (Å²) < 4.78 is 51.5. The van der Waals surface area contributed by atoms with E-state index in [1.54, 1.807) is 43.4 Å². The van der Waals surface area contributed by atoms with Gasteiger partial charge in [0.25, 0.3) is 5.91 Å². The van der Waals surface area contributed by atoms with E-state index in [1.807, 2.05) is 31.2 Å². The van der Waals surface area contributed by atoms with E-state index >= 15 is 0 Å². The van der Waals surface area contributed by atoms with Gasteiger partial charge < -0.3 is 19.3 Å². The molecule has 1 aliphatic heterocycles. The van der Waals surface area contributed by atoms with Crippen LogP contribution in [0.2, 0.25) is 0 Å². The average Bonchev–Trinajstić information content (AvgIpc) is 3.14. The van der Waals surface area contributed by atoms with Crippen LogP contribution in [0.1, 0.15) is 45.5 Å². The van der Waals surface area contributed by atoms with Crippen molar-refractivity contribution in [1.29, 1.82) is 0 Å². The van der Waals surface area contributed by atoms with E-state index in [4.69, 9.17) is 9.47 Å². The molecule has 258 valence electrons. The van der Waals surface area contributed by atoms with Gasteiger partial charge in [-0.3, -0.25) is 4.79 Å². The van der Waals surface area contributed by atoms with Gasteiger partial charge in [0, 0.05) is 30.0 Å². The quantitative estimate of drug-likeness (QED) is 0.148. The van der Waals surface area contributed by atoms with Crippen LogP contribution in [-0.2, 0) is 19.1 Å². The fourth-order valence-corrected chi connectivity index (χ4v) is 6.80. The summed E-state index contributed by atoms with van der Waals surface area (Å²) in [6.45, 7) is 3.99. The van der Waals surface area contributed by atoms with E-state index in [2.05, 4.69) is 47.4 Å². The minimum atomic E-state index is -4.46. The van der Waals surface area contributed by atoms with E-state index in [0.717, 1.165) is 55.7 Å². The lowest BCUT2D eigenvalue weighted by molar-refractivity contribution is -0.137. The number of nitrogens with zero attached hydrogens (tertiary/aromatic N) is 2. The van der Waals surface area contributed by atoms with Gasteiger partial charge in [0.1, 0.15) is 11.5 Å². The van der Waals surface area contributed by atoms with Crippen LogP contribution in [0.15, 0.2) is 115 Å². The second kappa shape index (κ2) is 15.1. The number of carbonyl (C=O) groups is 1. The molecule has 1 heterocycles. The molecule has 50 heavy (non-hydrogen) atoms. The van der Waals surface area contributed by atoms with Crippen LogP contribution in [0.25, 0.3) is 11.1 Å². The van der Waals surface area contributed by atoms with Gasteiger partial charge in [-0.2, -0.15) is 13.2 Å². The summed E-state index contributed by atoms with van der Waals surface area (Å²) in [5.41, 5.74) is 5.46. The molecule has 0 saturated carbocycles. The Kier molecular flexibility index (Phi) is 10.5. The maximum Gasteiger partial charge on any atom is 0.416 e. The maximum atomic E-state index is 14.7. The summed E-state index contributed by atoms with van der Waals surface area (Å²) in [6, 6.07) is 34.4. The van der Waals surface area contributed by atoms with Gasteiger partial charge in [-0.25, -0.2) is 0 Å². The number of methoxy groups -OCH3 is 2. The number of alkyl halides is 3. The van der Waals surface area contributed by atoms with Gasteiger partial charge in [-0.1, -0.05) is 60.7 Å². The van der Waals surface area contributed by atoms with Gasteiger partial charge in [0.2, 0.25) is 0 Å². The lowest BCUT2D eigenvalue weighted by Gasteiger charge is -2.34. The predicted octanol–water partition coefficient (Wildman–Crippen LogP) is 10.0. The van der Waals surface area contributed by atoms with E-state index in [1.165, 1.54) is 17.7 Å². The minimum absolute atomic E-state index is 0.136. The van der Waals surface area contributed by atoms with Crippen molar-refractivity contribution in [2.45, 2.75) is 38.9 Å². The summed E-state index contributed by atoms with van der Waals surface area (Å²) in [7, 11) is 3.17. The highest BCUT2D eigenvalue weighted by Crippen LogP contribution is 2.37. The van der Waals surface area contributed by atoms with Gasteiger partial charge in [-0.15, -0.1) is 0 Å². The van der Waals surface area contributed by atoms with Gasteiger partial charge in [0.05, 0.1) is 31.9 Å². The molecule has 6 rings (SSSR count). The number of halogens is 3. The zero-order valence-electron chi connectivity index (χ0n) is 28.5. The molecule has 1 fully saturated rings. The molecule has 5 aromatic carbocycles. The SMILES string of the molecule is COc1cc(C)cc(OC)c1CN(C(=O)c1ccccc1-c1ccc(C(F)(F)F)cc1)c1ccc(N2CCC(Cc3ccccc3)CC2)cc1. The molecular formula is C42H41F3N2O3. The Labute approximate surface area is 291 Å². The number of hydrogen-bond acceptors (Lipinski definition) is 4. The largest absolute Gasteiger partial charge is 0.496 e. The van der Waals surface area contributed by atoms with Gasteiger partial charge >= 0.3 is 6.18 Å². The first-order chi connectivity index (χ1) is 24.1. The van der Waals surface area contributed by atoms with Crippen LogP contribution in [0.3, 0.4) is 0 Å². The fraction of sp³-hybridized carbons (Fsp3) is 0.262. The standard InChI is InChI=1S/C42H41F3N2O3/c1-29-25-39(49-2)38(40(26-29)50-3)28-47(41(48)37-12-8-7-11-36(37)32-13-15-33(16-14-32)42(43,44)45)35-19-17-34(18-20-35)46-23-21-31(22-24-46)27-30-9-5-4-6-10-30/h4-20,25-26,31H,21-24,27-28H2,1-3H3. The van der Waals surface area contributed by atoms with Crippen LogP contribution >= 0.6 is 0 Å². The first kappa shape index (κ1) is 34.6.